The molecular weight excluding hydrogens is 906 g/mol. The highest BCUT2D eigenvalue weighted by Crippen LogP contribution is 2.70. The lowest BCUT2D eigenvalue weighted by Crippen LogP contribution is -2.63. The van der Waals surface area contributed by atoms with Gasteiger partial charge in [-0.15, -0.1) is 0 Å². The zero-order chi connectivity index (χ0) is 48.1. The SMILES string of the molecule is C[C@]12C=CC(=O)C=C1CC[C@@H]1[C@@H]2[C@@H](O)C[C@@]2(C)[C@H]1C[C@H]1O[C@@H](c3ccc(Cc4cccc5c(NC(=O)[C@H](CCC(=O)O)NC(=O)CNC(=O)CS)cccc45)cc3)O[C@]12C(=O)COP(=O)(O)O. The van der Waals surface area contributed by atoms with Crippen molar-refractivity contribution in [2.24, 2.45) is 28.6 Å². The van der Waals surface area contributed by atoms with Crippen LogP contribution in [0, 0.1) is 28.6 Å². The number of aliphatic hydroxyl groups excluding tert-OH is 1. The zero-order valence-electron chi connectivity index (χ0n) is 36.9. The summed E-state index contributed by atoms with van der Waals surface area (Å²) in [5.41, 5.74) is 0.547. The van der Waals surface area contributed by atoms with Crippen molar-refractivity contribution in [3.63, 3.8) is 0 Å². The van der Waals surface area contributed by atoms with Crippen molar-refractivity contribution in [3.05, 3.63) is 101 Å². The van der Waals surface area contributed by atoms with Crippen LogP contribution in [0.25, 0.3) is 10.8 Å². The smallest absolute Gasteiger partial charge is 0.470 e. The summed E-state index contributed by atoms with van der Waals surface area (Å²) in [5, 5.41) is 30.6. The number of allylic oxidation sites excluding steroid dienone is 4. The van der Waals surface area contributed by atoms with E-state index in [1.807, 2.05) is 68.5 Å². The number of phosphoric ester groups is 1. The Kier molecular flexibility index (Phi) is 13.6. The molecule has 8 rings (SSSR count). The number of nitrogens with one attached hydrogen (secondary N) is 3. The standard InChI is InChI=1S/C48H54N3O14PS/c1-46-18-17-30(52)20-29(46)13-14-33-34-21-39-48(38(54)24-63-66(60,61)62,47(34,2)22-37(53)43(33)46)65-45(64-39)27-11-9-26(10-12-27)19-28-5-3-7-32-31(28)6-4-8-35(32)51-44(59)36(15-16-42(57)58)50-40(55)23-49-41(56)25-67/h3-12,17-18,20,33-34,36-37,39,43,45,53,67H,13-16,19,21-25H2,1-2H3,(H,49,56)(H,50,55)(H,51,59)(H,57,58)(H2,60,61,62)/t33-,34-,36-,37-,39+,43+,45+,46-,47-,48+/m0/s1. The molecule has 0 bridgehead atoms. The highest BCUT2D eigenvalue weighted by molar-refractivity contribution is 7.81. The van der Waals surface area contributed by atoms with Crippen molar-refractivity contribution in [1.29, 1.82) is 0 Å². The average Bonchev–Trinajstić information content (AvgIpc) is 3.79. The van der Waals surface area contributed by atoms with Crippen molar-refractivity contribution in [1.82, 2.24) is 10.6 Å². The Hall–Kier alpha value is -5.04. The van der Waals surface area contributed by atoms with E-state index in [1.165, 1.54) is 0 Å². The minimum atomic E-state index is -5.05. The summed E-state index contributed by atoms with van der Waals surface area (Å²) in [6, 6.07) is 17.2. The lowest BCUT2D eigenvalue weighted by Gasteiger charge is -2.59. The first kappa shape index (κ1) is 48.4. The normalized spacial score (nSPS) is 30.0. The molecule has 3 amide bonds. The van der Waals surface area contributed by atoms with Crippen LogP contribution in [0.15, 0.2) is 84.5 Å². The number of hydrogen-bond donors (Lipinski definition) is 8. The number of phosphoric acid groups is 1. The molecule has 19 heteroatoms. The summed E-state index contributed by atoms with van der Waals surface area (Å²) in [4.78, 5) is 95.1. The van der Waals surface area contributed by atoms with Crippen molar-refractivity contribution >= 4 is 72.2 Å². The second-order valence-electron chi connectivity index (χ2n) is 18.7. The number of fused-ring (bicyclic) bond motifs is 8. The molecule has 10 atom stereocenters. The maximum Gasteiger partial charge on any atom is 0.470 e. The van der Waals surface area contributed by atoms with Crippen LogP contribution >= 0.6 is 20.5 Å². The van der Waals surface area contributed by atoms with Crippen LogP contribution in [0.3, 0.4) is 0 Å². The van der Waals surface area contributed by atoms with E-state index in [0.29, 0.717) is 42.3 Å². The van der Waals surface area contributed by atoms with E-state index in [1.54, 1.807) is 24.3 Å². The van der Waals surface area contributed by atoms with Crippen LogP contribution in [0.4, 0.5) is 5.69 Å². The van der Waals surface area contributed by atoms with E-state index in [-0.39, 0.29) is 48.6 Å². The fourth-order valence-electron chi connectivity index (χ4n) is 11.9. The Labute approximate surface area is 391 Å². The van der Waals surface area contributed by atoms with Gasteiger partial charge in [0, 0.05) is 39.8 Å². The van der Waals surface area contributed by atoms with Crippen molar-refractivity contribution in [2.75, 3.05) is 24.2 Å². The predicted octanol–water partition coefficient (Wildman–Crippen LogP) is 4.48. The van der Waals surface area contributed by atoms with Gasteiger partial charge in [-0.2, -0.15) is 12.6 Å². The van der Waals surface area contributed by atoms with Crippen LogP contribution in [0.1, 0.15) is 75.4 Å². The van der Waals surface area contributed by atoms with Crippen LogP contribution in [-0.2, 0) is 53.8 Å². The molecule has 0 spiro atoms. The summed E-state index contributed by atoms with van der Waals surface area (Å²) < 4.78 is 30.1. The summed E-state index contributed by atoms with van der Waals surface area (Å²) in [6.45, 7) is 2.61. The Bertz CT molecular complexity index is 2620. The van der Waals surface area contributed by atoms with Gasteiger partial charge in [0.2, 0.25) is 17.7 Å². The Morgan fingerprint density at radius 1 is 1.00 bits per heavy atom. The number of carboxylic acid groups (broad SMARTS) is 1. The molecule has 7 N–H and O–H groups in total. The molecule has 3 aromatic rings. The number of rotatable bonds is 16. The molecule has 67 heavy (non-hydrogen) atoms. The van der Waals surface area contributed by atoms with Gasteiger partial charge in [0.15, 0.2) is 23.5 Å². The summed E-state index contributed by atoms with van der Waals surface area (Å²) in [6.07, 6.45) is 4.11. The van der Waals surface area contributed by atoms with Gasteiger partial charge in [-0.3, -0.25) is 33.3 Å². The first-order valence-corrected chi connectivity index (χ1v) is 24.4. The topological polar surface area (TPSA) is 264 Å². The number of ketones is 2. The third-order valence-electron chi connectivity index (χ3n) is 14.8. The number of thiol groups is 1. The molecule has 5 aliphatic rings. The van der Waals surface area contributed by atoms with E-state index in [2.05, 4.69) is 28.6 Å². The number of aliphatic hydroxyl groups is 1. The van der Waals surface area contributed by atoms with Gasteiger partial charge in [-0.25, -0.2) is 4.57 Å². The van der Waals surface area contributed by atoms with Gasteiger partial charge in [0.25, 0.3) is 0 Å². The van der Waals surface area contributed by atoms with E-state index in [9.17, 15) is 53.3 Å². The quantitative estimate of drug-likeness (QED) is 0.0727. The van der Waals surface area contributed by atoms with Crippen molar-refractivity contribution in [3.8, 4) is 0 Å². The average molecular weight is 960 g/mol. The lowest BCUT2D eigenvalue weighted by molar-refractivity contribution is -0.200. The minimum absolute atomic E-state index is 0.0729. The van der Waals surface area contributed by atoms with E-state index in [4.69, 9.17) is 14.0 Å². The molecule has 1 aliphatic heterocycles. The summed E-state index contributed by atoms with van der Waals surface area (Å²) in [5.74, 6) is -4.32. The fourth-order valence-corrected chi connectivity index (χ4v) is 12.3. The van der Waals surface area contributed by atoms with Crippen LogP contribution in [-0.4, -0.2) is 98.0 Å². The van der Waals surface area contributed by atoms with Crippen LogP contribution in [0.5, 0.6) is 0 Å². The molecule has 0 unspecified atom stereocenters. The van der Waals surface area contributed by atoms with Gasteiger partial charge in [-0.1, -0.05) is 80.1 Å². The summed E-state index contributed by atoms with van der Waals surface area (Å²) >= 11 is 3.86. The van der Waals surface area contributed by atoms with E-state index in [0.717, 1.165) is 22.1 Å². The predicted molar refractivity (Wildman–Crippen MR) is 245 cm³/mol. The number of benzene rings is 3. The fraction of sp³-hybridized carbons (Fsp3) is 0.458. The second kappa shape index (κ2) is 18.8. The van der Waals surface area contributed by atoms with Gasteiger partial charge < -0.3 is 45.4 Å². The van der Waals surface area contributed by atoms with Gasteiger partial charge in [0.05, 0.1) is 24.5 Å². The Morgan fingerprint density at radius 2 is 1.73 bits per heavy atom. The van der Waals surface area contributed by atoms with E-state index < -0.39 is 91.4 Å². The molecule has 3 saturated carbocycles. The molecular formula is C48H54N3O14PS. The number of ether oxygens (including phenoxy) is 2. The number of amides is 3. The molecule has 356 valence electrons. The number of carbonyl (C=O) groups excluding carboxylic acids is 5. The molecule has 1 heterocycles. The van der Waals surface area contributed by atoms with Gasteiger partial charge in [0.1, 0.15) is 12.6 Å². The first-order chi connectivity index (χ1) is 31.8. The molecule has 1 saturated heterocycles. The highest BCUT2D eigenvalue weighted by atomic mass is 32.1. The lowest BCUT2D eigenvalue weighted by atomic mass is 9.46. The Morgan fingerprint density at radius 3 is 2.45 bits per heavy atom. The maximum absolute atomic E-state index is 14.5. The van der Waals surface area contributed by atoms with Crippen LogP contribution in [0.2, 0.25) is 0 Å². The molecule has 0 aromatic heterocycles. The van der Waals surface area contributed by atoms with E-state index >= 15 is 0 Å². The first-order valence-electron chi connectivity index (χ1n) is 22.2. The maximum atomic E-state index is 14.5. The molecule has 4 fully saturated rings. The number of carbonyl (C=O) groups is 6. The molecule has 4 aliphatic carbocycles. The monoisotopic (exact) mass is 959 g/mol. The number of hydrogen-bond acceptors (Lipinski definition) is 12. The zero-order valence-corrected chi connectivity index (χ0v) is 38.7. The molecule has 3 aromatic carbocycles. The third kappa shape index (κ3) is 9.30. The van der Waals surface area contributed by atoms with Gasteiger partial charge in [-0.05, 0) is 85.1 Å². The van der Waals surface area contributed by atoms with Crippen molar-refractivity contribution < 1.29 is 67.3 Å². The number of carboxylic acids is 1. The number of Topliss-reactive ketones (excluding diaryl/α,β-unsaturated/α-hetero) is 1. The van der Waals surface area contributed by atoms with Gasteiger partial charge >= 0.3 is 13.8 Å². The molecule has 0 radical (unpaired) electrons. The molecule has 17 nitrogen and oxygen atoms in total. The minimum Gasteiger partial charge on any atom is -0.481 e. The highest BCUT2D eigenvalue weighted by Gasteiger charge is 2.76. The number of aliphatic carboxylic acids is 1. The number of anilines is 1. The largest absolute Gasteiger partial charge is 0.481 e. The van der Waals surface area contributed by atoms with Crippen LogP contribution < -0.4 is 16.0 Å². The second-order valence-corrected chi connectivity index (χ2v) is 20.2. The summed E-state index contributed by atoms with van der Waals surface area (Å²) in [7, 11) is -5.05. The Balaban J connectivity index is 1.01. The third-order valence-corrected chi connectivity index (χ3v) is 15.6. The van der Waals surface area contributed by atoms with Crippen molar-refractivity contribution in [2.45, 2.75) is 88.9 Å².